The van der Waals surface area contributed by atoms with Crippen molar-refractivity contribution in [2.45, 2.75) is 25.2 Å². The number of alkyl halides is 4. The van der Waals surface area contributed by atoms with E-state index in [4.69, 9.17) is 5.11 Å². The van der Waals surface area contributed by atoms with Crippen LogP contribution in [0.5, 0.6) is 0 Å². The minimum atomic E-state index is -4.29. The van der Waals surface area contributed by atoms with Gasteiger partial charge in [-0.05, 0) is 12.8 Å². The lowest BCUT2D eigenvalue weighted by molar-refractivity contribution is -0.143. The number of nitrogens with zero attached hydrogens (tertiary/aromatic N) is 1. The maximum Gasteiger partial charge on any atom is 0.324 e. The smallest absolute Gasteiger partial charge is 0.324 e. The average Bonchev–Trinajstić information content (AvgIpc) is 2.36. The van der Waals surface area contributed by atoms with E-state index in [-0.39, 0.29) is 13.1 Å². The van der Waals surface area contributed by atoms with E-state index in [2.05, 4.69) is 0 Å². The Labute approximate surface area is 106 Å². The van der Waals surface area contributed by atoms with Crippen molar-refractivity contribution >= 4 is 12.0 Å². The maximum absolute atomic E-state index is 12.6. The number of amides is 2. The molecule has 5 nitrogen and oxygen atoms in total. The highest BCUT2D eigenvalue weighted by atomic mass is 19.3. The van der Waals surface area contributed by atoms with Crippen LogP contribution >= 0.6 is 0 Å². The van der Waals surface area contributed by atoms with Gasteiger partial charge >= 0.3 is 24.3 Å². The second-order valence-corrected chi connectivity index (χ2v) is 4.34. The molecular weight excluding hydrogens is 272 g/mol. The number of carboxylic acid groups (broad SMARTS) is 1. The number of carbonyl (C=O) groups is 2. The van der Waals surface area contributed by atoms with Crippen molar-refractivity contribution in [3.63, 3.8) is 0 Å². The summed E-state index contributed by atoms with van der Waals surface area (Å²) in [7, 11) is 0. The van der Waals surface area contributed by atoms with Crippen molar-refractivity contribution in [1.82, 2.24) is 10.2 Å². The van der Waals surface area contributed by atoms with Crippen LogP contribution in [0.15, 0.2) is 0 Å². The van der Waals surface area contributed by atoms with Gasteiger partial charge in [-0.3, -0.25) is 4.79 Å². The van der Waals surface area contributed by atoms with Crippen molar-refractivity contribution in [3.05, 3.63) is 0 Å². The van der Waals surface area contributed by atoms with Gasteiger partial charge < -0.3 is 15.3 Å². The molecule has 9 heteroatoms. The van der Waals surface area contributed by atoms with E-state index in [9.17, 15) is 27.2 Å². The van der Waals surface area contributed by atoms with Crippen LogP contribution in [0, 0.1) is 5.92 Å². The molecule has 110 valence electrons. The van der Waals surface area contributed by atoms with Crippen LogP contribution in [0.4, 0.5) is 22.4 Å². The topological polar surface area (TPSA) is 69.6 Å². The fourth-order valence-corrected chi connectivity index (χ4v) is 1.75. The van der Waals surface area contributed by atoms with Crippen molar-refractivity contribution in [1.29, 1.82) is 0 Å². The Morgan fingerprint density at radius 2 is 2.05 bits per heavy atom. The number of piperidine rings is 1. The summed E-state index contributed by atoms with van der Waals surface area (Å²) in [4.78, 5) is 23.3. The molecule has 1 atom stereocenters. The molecule has 1 saturated heterocycles. The molecule has 0 aliphatic carbocycles. The molecule has 19 heavy (non-hydrogen) atoms. The first kappa shape index (κ1) is 15.5. The van der Waals surface area contributed by atoms with E-state index in [1.165, 1.54) is 0 Å². The summed E-state index contributed by atoms with van der Waals surface area (Å²) < 4.78 is 49.0. The molecule has 1 aliphatic rings. The van der Waals surface area contributed by atoms with Gasteiger partial charge in [-0.1, -0.05) is 0 Å². The molecule has 1 aliphatic heterocycles. The molecule has 1 heterocycles. The molecule has 0 spiro atoms. The fourth-order valence-electron chi connectivity index (χ4n) is 1.75. The largest absolute Gasteiger partial charge is 0.481 e. The van der Waals surface area contributed by atoms with E-state index in [0.717, 1.165) is 4.90 Å². The van der Waals surface area contributed by atoms with Crippen molar-refractivity contribution < 1.29 is 32.3 Å². The number of likely N-dealkylation sites (tertiary alicyclic amines) is 1. The van der Waals surface area contributed by atoms with E-state index >= 15 is 0 Å². The zero-order chi connectivity index (χ0) is 14.6. The van der Waals surface area contributed by atoms with Gasteiger partial charge in [0.05, 0.1) is 12.5 Å². The Morgan fingerprint density at radius 1 is 1.42 bits per heavy atom. The summed E-state index contributed by atoms with van der Waals surface area (Å²) in [5.74, 6) is -6.12. The Kier molecular flexibility index (Phi) is 4.96. The molecule has 0 bridgehead atoms. The number of carbonyl (C=O) groups excluding carboxylic acids is 1. The summed E-state index contributed by atoms with van der Waals surface area (Å²) in [5.41, 5.74) is 0. The fraction of sp³-hybridized carbons (Fsp3) is 0.800. The normalized spacial score (nSPS) is 20.5. The lowest BCUT2D eigenvalue weighted by Gasteiger charge is -2.31. The first-order valence-corrected chi connectivity index (χ1v) is 5.65. The van der Waals surface area contributed by atoms with Gasteiger partial charge in [0.25, 0.3) is 0 Å². The zero-order valence-corrected chi connectivity index (χ0v) is 9.91. The summed E-state index contributed by atoms with van der Waals surface area (Å²) in [6, 6.07) is -0.953. The van der Waals surface area contributed by atoms with Gasteiger partial charge in [0.15, 0.2) is 0 Å². The maximum atomic E-state index is 12.6. The van der Waals surface area contributed by atoms with E-state index < -0.39 is 36.8 Å². The van der Waals surface area contributed by atoms with E-state index in [1.54, 1.807) is 5.32 Å². The Balaban J connectivity index is 2.47. The van der Waals surface area contributed by atoms with Crippen LogP contribution in [0.25, 0.3) is 0 Å². The molecule has 2 N–H and O–H groups in total. The van der Waals surface area contributed by atoms with Crippen LogP contribution in [0.2, 0.25) is 0 Å². The van der Waals surface area contributed by atoms with Crippen molar-refractivity contribution in [3.8, 4) is 0 Å². The SMILES string of the molecule is O=C(O)C1CCCN(C(=O)NCC(F)(F)C(F)F)C1. The number of hydrogen-bond donors (Lipinski definition) is 2. The third-order valence-corrected chi connectivity index (χ3v) is 2.85. The molecular formula is C10H14F4N2O3. The quantitative estimate of drug-likeness (QED) is 0.767. The Morgan fingerprint density at radius 3 is 2.58 bits per heavy atom. The number of hydrogen-bond acceptors (Lipinski definition) is 2. The average molecular weight is 286 g/mol. The van der Waals surface area contributed by atoms with Crippen molar-refractivity contribution in [2.24, 2.45) is 5.92 Å². The predicted octanol–water partition coefficient (Wildman–Crippen LogP) is 1.39. The summed E-state index contributed by atoms with van der Waals surface area (Å²) in [6.07, 6.45) is -3.04. The van der Waals surface area contributed by atoms with Gasteiger partial charge in [0, 0.05) is 13.1 Å². The summed E-state index contributed by atoms with van der Waals surface area (Å²) >= 11 is 0. The monoisotopic (exact) mass is 286 g/mol. The van der Waals surface area contributed by atoms with E-state index in [1.807, 2.05) is 0 Å². The molecule has 0 radical (unpaired) electrons. The highest BCUT2D eigenvalue weighted by molar-refractivity contribution is 5.76. The second kappa shape index (κ2) is 6.07. The van der Waals surface area contributed by atoms with Crippen LogP contribution in [0.1, 0.15) is 12.8 Å². The molecule has 1 rings (SSSR count). The summed E-state index contributed by atoms with van der Waals surface area (Å²) in [5, 5.41) is 10.5. The minimum Gasteiger partial charge on any atom is -0.481 e. The van der Waals surface area contributed by atoms with Crippen molar-refractivity contribution in [2.75, 3.05) is 19.6 Å². The molecule has 0 aromatic carbocycles. The number of urea groups is 1. The molecule has 0 aromatic heterocycles. The lowest BCUT2D eigenvalue weighted by Crippen LogP contribution is -2.50. The highest BCUT2D eigenvalue weighted by Crippen LogP contribution is 2.22. The van der Waals surface area contributed by atoms with Gasteiger partial charge in [0.1, 0.15) is 0 Å². The first-order chi connectivity index (χ1) is 8.74. The number of halogens is 4. The van der Waals surface area contributed by atoms with Gasteiger partial charge in [-0.15, -0.1) is 0 Å². The minimum absolute atomic E-state index is 0.110. The standard InChI is InChI=1S/C10H14F4N2O3/c11-8(12)10(13,14)5-15-9(19)16-3-1-2-6(4-16)7(17)18/h6,8H,1-5H2,(H,15,19)(H,17,18). The molecule has 0 aromatic rings. The predicted molar refractivity (Wildman–Crippen MR) is 56.3 cm³/mol. The summed E-state index contributed by atoms with van der Waals surface area (Å²) in [6.45, 7) is -1.37. The zero-order valence-electron chi connectivity index (χ0n) is 9.91. The molecule has 2 amide bonds. The van der Waals surface area contributed by atoms with Gasteiger partial charge in [-0.2, -0.15) is 8.78 Å². The van der Waals surface area contributed by atoms with Gasteiger partial charge in [0.2, 0.25) is 0 Å². The second-order valence-electron chi connectivity index (χ2n) is 4.34. The molecule has 1 unspecified atom stereocenters. The third-order valence-electron chi connectivity index (χ3n) is 2.85. The van der Waals surface area contributed by atoms with Crippen LogP contribution in [0.3, 0.4) is 0 Å². The van der Waals surface area contributed by atoms with Gasteiger partial charge in [-0.25, -0.2) is 13.6 Å². The molecule has 1 fully saturated rings. The highest BCUT2D eigenvalue weighted by Gasteiger charge is 2.41. The Hall–Kier alpha value is -1.54. The van der Waals surface area contributed by atoms with Crippen LogP contribution in [-0.2, 0) is 4.79 Å². The number of nitrogens with one attached hydrogen (secondary N) is 1. The lowest BCUT2D eigenvalue weighted by atomic mass is 9.99. The van der Waals surface area contributed by atoms with E-state index in [0.29, 0.717) is 12.8 Å². The number of rotatable bonds is 4. The molecule has 0 saturated carbocycles. The third kappa shape index (κ3) is 4.25. The Bertz CT molecular complexity index is 352. The van der Waals surface area contributed by atoms with Crippen LogP contribution in [-0.4, -0.2) is 54.0 Å². The number of carboxylic acids is 1. The van der Waals surface area contributed by atoms with Crippen LogP contribution < -0.4 is 5.32 Å². The first-order valence-electron chi connectivity index (χ1n) is 5.65. The number of aliphatic carboxylic acids is 1.